The number of methoxy groups -OCH3 is 1. The molecule has 126 valence electrons. The molecule has 3 aromatic carbocycles. The van der Waals surface area contributed by atoms with Crippen molar-refractivity contribution < 1.29 is 9.53 Å². The van der Waals surface area contributed by atoms with Crippen LogP contribution in [0.2, 0.25) is 5.02 Å². The van der Waals surface area contributed by atoms with Crippen molar-refractivity contribution in [1.29, 1.82) is 0 Å². The van der Waals surface area contributed by atoms with Gasteiger partial charge in [-0.2, -0.15) is 0 Å². The zero-order valence-corrected chi connectivity index (χ0v) is 14.8. The summed E-state index contributed by atoms with van der Waals surface area (Å²) in [6.45, 7) is 1.92. The number of hydrogen-bond donors (Lipinski definition) is 1. The number of ether oxygens (including phenoxy) is 1. The molecule has 0 unspecified atom stereocenters. The Kier molecular flexibility index (Phi) is 5.05. The summed E-state index contributed by atoms with van der Waals surface area (Å²) in [6.07, 6.45) is 0. The highest BCUT2D eigenvalue weighted by Gasteiger charge is 2.15. The van der Waals surface area contributed by atoms with Gasteiger partial charge in [0.15, 0.2) is 5.78 Å². The molecule has 0 fully saturated rings. The summed E-state index contributed by atoms with van der Waals surface area (Å²) in [7, 11) is 1.62. The highest BCUT2D eigenvalue weighted by molar-refractivity contribution is 6.35. The van der Waals surface area contributed by atoms with Gasteiger partial charge in [0.25, 0.3) is 0 Å². The first-order chi connectivity index (χ1) is 12.1. The molecule has 0 saturated heterocycles. The van der Waals surface area contributed by atoms with Gasteiger partial charge < -0.3 is 10.1 Å². The Morgan fingerprint density at radius 2 is 1.68 bits per heavy atom. The van der Waals surface area contributed by atoms with Crippen LogP contribution < -0.4 is 10.1 Å². The summed E-state index contributed by atoms with van der Waals surface area (Å²) < 4.78 is 5.33. The second-order valence-electron chi connectivity index (χ2n) is 5.66. The highest BCUT2D eigenvalue weighted by atomic mass is 35.5. The Morgan fingerprint density at radius 3 is 2.40 bits per heavy atom. The normalized spacial score (nSPS) is 10.4. The van der Waals surface area contributed by atoms with Crippen LogP contribution in [0.25, 0.3) is 0 Å². The fraction of sp³-hybridized carbons (Fsp3) is 0.0952. The van der Waals surface area contributed by atoms with Crippen molar-refractivity contribution in [2.75, 3.05) is 12.4 Å². The van der Waals surface area contributed by atoms with Crippen LogP contribution in [0.1, 0.15) is 21.5 Å². The van der Waals surface area contributed by atoms with Crippen molar-refractivity contribution >= 4 is 28.8 Å². The van der Waals surface area contributed by atoms with Crippen molar-refractivity contribution in [2.24, 2.45) is 0 Å². The number of nitrogens with one attached hydrogen (secondary N) is 1. The lowest BCUT2D eigenvalue weighted by molar-refractivity contribution is 0.103. The maximum Gasteiger partial charge on any atom is 0.194 e. The summed E-state index contributed by atoms with van der Waals surface area (Å²) in [5.41, 5.74) is 3.70. The molecule has 3 rings (SSSR count). The first-order valence-corrected chi connectivity index (χ1v) is 8.28. The van der Waals surface area contributed by atoms with Crippen LogP contribution in [0.15, 0.2) is 66.7 Å². The summed E-state index contributed by atoms with van der Waals surface area (Å²) in [5, 5.41) is 3.67. The first-order valence-electron chi connectivity index (χ1n) is 7.90. The van der Waals surface area contributed by atoms with E-state index in [1.807, 2.05) is 61.5 Å². The molecule has 0 spiro atoms. The summed E-state index contributed by atoms with van der Waals surface area (Å²) in [4.78, 5) is 12.7. The minimum Gasteiger partial charge on any atom is -0.495 e. The summed E-state index contributed by atoms with van der Waals surface area (Å²) >= 11 is 6.37. The lowest BCUT2D eigenvalue weighted by Gasteiger charge is -2.12. The Morgan fingerprint density at radius 1 is 0.960 bits per heavy atom. The third-order valence-corrected chi connectivity index (χ3v) is 4.30. The Balaban J connectivity index is 1.89. The van der Waals surface area contributed by atoms with E-state index >= 15 is 0 Å². The molecule has 3 aromatic rings. The van der Waals surface area contributed by atoms with Crippen molar-refractivity contribution in [1.82, 2.24) is 0 Å². The van der Waals surface area contributed by atoms with Gasteiger partial charge >= 0.3 is 0 Å². The van der Waals surface area contributed by atoms with E-state index in [1.165, 1.54) is 0 Å². The van der Waals surface area contributed by atoms with Crippen molar-refractivity contribution in [3.63, 3.8) is 0 Å². The van der Waals surface area contributed by atoms with Crippen LogP contribution in [0, 0.1) is 6.92 Å². The zero-order chi connectivity index (χ0) is 17.8. The number of hydrogen-bond acceptors (Lipinski definition) is 3. The number of aryl methyl sites for hydroxylation is 1. The molecular weight excluding hydrogens is 334 g/mol. The van der Waals surface area contributed by atoms with E-state index in [-0.39, 0.29) is 5.78 Å². The topological polar surface area (TPSA) is 38.3 Å². The van der Waals surface area contributed by atoms with Gasteiger partial charge in [-0.05, 0) is 42.8 Å². The predicted octanol–water partition coefficient (Wildman–Crippen LogP) is 5.63. The lowest BCUT2D eigenvalue weighted by atomic mass is 9.99. The van der Waals surface area contributed by atoms with E-state index in [0.717, 1.165) is 22.7 Å². The van der Waals surface area contributed by atoms with Crippen LogP contribution in [0.5, 0.6) is 5.75 Å². The van der Waals surface area contributed by atoms with Crippen LogP contribution >= 0.6 is 11.6 Å². The molecule has 0 aliphatic carbocycles. The second-order valence-corrected chi connectivity index (χ2v) is 6.07. The molecule has 3 nitrogen and oxygen atoms in total. The fourth-order valence-corrected chi connectivity index (χ4v) is 2.92. The van der Waals surface area contributed by atoms with E-state index in [9.17, 15) is 4.79 Å². The predicted molar refractivity (Wildman–Crippen MR) is 102 cm³/mol. The van der Waals surface area contributed by atoms with E-state index < -0.39 is 0 Å². The maximum atomic E-state index is 12.7. The minimum atomic E-state index is -0.0769. The number of halogens is 1. The molecule has 0 bridgehead atoms. The van der Waals surface area contributed by atoms with E-state index in [2.05, 4.69) is 5.32 Å². The monoisotopic (exact) mass is 351 g/mol. The third-order valence-electron chi connectivity index (χ3n) is 3.99. The molecule has 0 saturated carbocycles. The van der Waals surface area contributed by atoms with Gasteiger partial charge in [0, 0.05) is 16.8 Å². The molecule has 25 heavy (non-hydrogen) atoms. The number of carbonyl (C=O) groups excluding carboxylic acids is 1. The van der Waals surface area contributed by atoms with Crippen molar-refractivity contribution in [3.05, 3.63) is 88.4 Å². The summed E-state index contributed by atoms with van der Waals surface area (Å²) in [6, 6.07) is 20.4. The average molecular weight is 352 g/mol. The number of ketones is 1. The summed E-state index contributed by atoms with van der Waals surface area (Å²) in [5.74, 6) is 0.658. The van der Waals surface area contributed by atoms with Crippen LogP contribution in [0.3, 0.4) is 0 Å². The zero-order valence-electron chi connectivity index (χ0n) is 14.0. The SMILES string of the molecule is COc1ccccc1Nc1ccc(C(=O)c2ccccc2C)c(Cl)c1. The van der Waals surface area contributed by atoms with Crippen LogP contribution in [-0.4, -0.2) is 12.9 Å². The second kappa shape index (κ2) is 7.41. The molecule has 1 N–H and O–H groups in total. The number of benzene rings is 3. The third kappa shape index (κ3) is 3.67. The van der Waals surface area contributed by atoms with Gasteiger partial charge in [-0.3, -0.25) is 4.79 Å². The van der Waals surface area contributed by atoms with Gasteiger partial charge in [-0.1, -0.05) is 48.0 Å². The first kappa shape index (κ1) is 17.1. The van der Waals surface area contributed by atoms with E-state index in [1.54, 1.807) is 19.2 Å². The molecule has 0 aromatic heterocycles. The van der Waals surface area contributed by atoms with Gasteiger partial charge in [0.2, 0.25) is 0 Å². The molecule has 0 atom stereocenters. The van der Waals surface area contributed by atoms with Crippen molar-refractivity contribution in [2.45, 2.75) is 6.92 Å². The van der Waals surface area contributed by atoms with Gasteiger partial charge in [0.1, 0.15) is 5.75 Å². The minimum absolute atomic E-state index is 0.0769. The molecular formula is C21H18ClNO2. The maximum absolute atomic E-state index is 12.7. The lowest BCUT2D eigenvalue weighted by Crippen LogP contribution is -2.05. The standard InChI is InChI=1S/C21H18ClNO2/c1-14-7-3-4-8-16(14)21(24)17-12-11-15(13-18(17)22)23-19-9-5-6-10-20(19)25-2/h3-13,23H,1-2H3. The fourth-order valence-electron chi connectivity index (χ4n) is 2.65. The number of rotatable bonds is 5. The van der Waals surface area contributed by atoms with E-state index in [0.29, 0.717) is 16.1 Å². The molecule has 4 heteroatoms. The number of anilines is 2. The quantitative estimate of drug-likeness (QED) is 0.605. The Bertz CT molecular complexity index is 921. The Labute approximate surface area is 152 Å². The highest BCUT2D eigenvalue weighted by Crippen LogP contribution is 2.30. The van der Waals surface area contributed by atoms with Crippen LogP contribution in [-0.2, 0) is 0 Å². The van der Waals surface area contributed by atoms with Gasteiger partial charge in [0.05, 0.1) is 17.8 Å². The largest absolute Gasteiger partial charge is 0.495 e. The number of para-hydroxylation sites is 2. The molecule has 0 aliphatic heterocycles. The average Bonchev–Trinajstić information content (AvgIpc) is 2.62. The molecule has 0 amide bonds. The Hall–Kier alpha value is -2.78. The van der Waals surface area contributed by atoms with E-state index in [4.69, 9.17) is 16.3 Å². The van der Waals surface area contributed by atoms with Crippen LogP contribution in [0.4, 0.5) is 11.4 Å². The van der Waals surface area contributed by atoms with Gasteiger partial charge in [-0.25, -0.2) is 0 Å². The number of carbonyl (C=O) groups is 1. The van der Waals surface area contributed by atoms with Gasteiger partial charge in [-0.15, -0.1) is 0 Å². The molecule has 0 aliphatic rings. The molecule has 0 heterocycles. The molecule has 0 radical (unpaired) electrons. The smallest absolute Gasteiger partial charge is 0.194 e. The van der Waals surface area contributed by atoms with Crippen molar-refractivity contribution in [3.8, 4) is 5.75 Å².